The number of carbonyl (C=O) groups excluding carboxylic acids is 2. The largest absolute Gasteiger partial charge is 0.496 e. The predicted octanol–water partition coefficient (Wildman–Crippen LogP) is 2.97. The molecule has 2 aliphatic rings. The van der Waals surface area contributed by atoms with Crippen LogP contribution in [0.3, 0.4) is 0 Å². The molecule has 0 N–H and O–H groups in total. The van der Waals surface area contributed by atoms with Gasteiger partial charge in [0.25, 0.3) is 5.91 Å². The highest BCUT2D eigenvalue weighted by Gasteiger charge is 2.30. The van der Waals surface area contributed by atoms with Gasteiger partial charge < -0.3 is 9.64 Å². The minimum atomic E-state index is -0.294. The molecule has 0 saturated carbocycles. The third-order valence-corrected chi connectivity index (χ3v) is 5.85. The normalized spacial score (nSPS) is 17.3. The summed E-state index contributed by atoms with van der Waals surface area (Å²) >= 11 is 0. The number of hydrogen-bond donors (Lipinski definition) is 0. The molecule has 0 bridgehead atoms. The Balaban J connectivity index is 1.40. The van der Waals surface area contributed by atoms with Crippen molar-refractivity contribution in [2.45, 2.75) is 26.3 Å². The predicted molar refractivity (Wildman–Crippen MR) is 120 cm³/mol. The first kappa shape index (κ1) is 22.0. The van der Waals surface area contributed by atoms with E-state index in [0.717, 1.165) is 11.1 Å². The van der Waals surface area contributed by atoms with Crippen molar-refractivity contribution in [1.29, 1.82) is 0 Å². The topological polar surface area (TPSA) is 65.5 Å². The Morgan fingerprint density at radius 3 is 2.47 bits per heavy atom. The highest BCUT2D eigenvalue weighted by molar-refractivity contribution is 6.40. The molecule has 4 rings (SSSR count). The summed E-state index contributed by atoms with van der Waals surface area (Å²) in [6.45, 7) is 4.96. The minimum absolute atomic E-state index is 0.112. The fourth-order valence-electron chi connectivity index (χ4n) is 4.00. The quantitative estimate of drug-likeness (QED) is 0.720. The van der Waals surface area contributed by atoms with E-state index in [-0.39, 0.29) is 24.1 Å². The van der Waals surface area contributed by atoms with Gasteiger partial charge in [-0.1, -0.05) is 17.7 Å². The summed E-state index contributed by atoms with van der Waals surface area (Å²) in [6, 6.07) is 12.0. The maximum absolute atomic E-state index is 13.6. The van der Waals surface area contributed by atoms with Gasteiger partial charge >= 0.3 is 0 Å². The molecule has 0 radical (unpaired) electrons. The molecule has 0 aliphatic carbocycles. The van der Waals surface area contributed by atoms with Crippen molar-refractivity contribution in [3.63, 3.8) is 0 Å². The highest BCUT2D eigenvalue weighted by Crippen LogP contribution is 2.23. The number of hydrazone groups is 1. The number of aryl methyl sites for hydroxylation is 1. The fourth-order valence-corrected chi connectivity index (χ4v) is 4.00. The van der Waals surface area contributed by atoms with Crippen LogP contribution >= 0.6 is 0 Å². The summed E-state index contributed by atoms with van der Waals surface area (Å²) in [4.78, 5) is 29.4. The Hall–Kier alpha value is -3.26. The molecule has 2 aromatic rings. The molecule has 168 valence electrons. The lowest BCUT2D eigenvalue weighted by atomic mass is 10.1. The Kier molecular flexibility index (Phi) is 6.50. The summed E-state index contributed by atoms with van der Waals surface area (Å²) in [7, 11) is 1.57. The van der Waals surface area contributed by atoms with Crippen LogP contribution in [0.15, 0.2) is 47.6 Å². The van der Waals surface area contributed by atoms with Gasteiger partial charge in [0, 0.05) is 51.1 Å². The number of methoxy groups -OCH3 is 1. The second-order valence-corrected chi connectivity index (χ2v) is 8.11. The van der Waals surface area contributed by atoms with Crippen LogP contribution in [0.1, 0.15) is 24.0 Å². The molecule has 32 heavy (non-hydrogen) atoms. The smallest absolute Gasteiger partial charge is 0.270 e. The van der Waals surface area contributed by atoms with E-state index >= 15 is 0 Å². The van der Waals surface area contributed by atoms with Gasteiger partial charge in [0.2, 0.25) is 5.91 Å². The summed E-state index contributed by atoms with van der Waals surface area (Å²) in [6.07, 6.45) is 0.610. The molecular weight excluding hydrogens is 411 g/mol. The molecule has 2 aromatic carbocycles. The van der Waals surface area contributed by atoms with Gasteiger partial charge in [0.1, 0.15) is 17.3 Å². The van der Waals surface area contributed by atoms with Crippen LogP contribution in [0.25, 0.3) is 0 Å². The van der Waals surface area contributed by atoms with Gasteiger partial charge in [-0.3, -0.25) is 14.5 Å². The molecule has 7 nitrogen and oxygen atoms in total. The monoisotopic (exact) mass is 438 g/mol. The number of hydrogen-bond acceptors (Lipinski definition) is 5. The number of amides is 2. The number of rotatable bonds is 5. The van der Waals surface area contributed by atoms with E-state index < -0.39 is 0 Å². The number of carbonyl (C=O) groups is 2. The van der Waals surface area contributed by atoms with Gasteiger partial charge in [0.15, 0.2) is 0 Å². The van der Waals surface area contributed by atoms with E-state index in [1.165, 1.54) is 17.1 Å². The van der Waals surface area contributed by atoms with Crippen LogP contribution in [0.4, 0.5) is 10.1 Å². The number of halogens is 1. The first-order chi connectivity index (χ1) is 15.4. The third kappa shape index (κ3) is 4.80. The zero-order chi connectivity index (χ0) is 22.7. The molecule has 0 atom stereocenters. The molecule has 8 heteroatoms. The Morgan fingerprint density at radius 1 is 1.06 bits per heavy atom. The number of ether oxygens (including phenoxy) is 1. The van der Waals surface area contributed by atoms with Crippen molar-refractivity contribution < 1.29 is 18.7 Å². The molecule has 0 aromatic heterocycles. The lowest BCUT2D eigenvalue weighted by molar-refractivity contribution is -0.126. The zero-order valence-electron chi connectivity index (χ0n) is 18.4. The molecule has 0 spiro atoms. The molecule has 2 heterocycles. The molecule has 1 saturated heterocycles. The van der Waals surface area contributed by atoms with Crippen molar-refractivity contribution in [3.05, 3.63) is 59.4 Å². The van der Waals surface area contributed by atoms with Gasteiger partial charge in [0.05, 0.1) is 12.8 Å². The number of nitrogens with zero attached hydrogens (tertiary/aromatic N) is 4. The maximum atomic E-state index is 13.6. The number of benzene rings is 2. The van der Waals surface area contributed by atoms with Crippen LogP contribution in [-0.2, 0) is 16.1 Å². The highest BCUT2D eigenvalue weighted by atomic mass is 19.1. The summed E-state index contributed by atoms with van der Waals surface area (Å²) in [5.74, 6) is 0.122. The first-order valence-corrected chi connectivity index (χ1v) is 10.8. The first-order valence-electron chi connectivity index (χ1n) is 10.8. The lowest BCUT2D eigenvalue weighted by Crippen LogP contribution is -2.51. The fraction of sp³-hybridized carbons (Fsp3) is 0.375. The van der Waals surface area contributed by atoms with Gasteiger partial charge in [-0.2, -0.15) is 5.10 Å². The summed E-state index contributed by atoms with van der Waals surface area (Å²) in [5.41, 5.74) is 2.95. The number of anilines is 1. The van der Waals surface area contributed by atoms with Crippen LogP contribution in [-0.4, -0.2) is 60.6 Å². The number of piperazine rings is 1. The Bertz CT molecular complexity index is 1030. The standard InChI is InChI=1S/C24H27FN4O3/c1-17-3-6-20(7-4-17)29-23(30)10-8-21(26-29)24(31)28-13-11-27(12-14-28)16-18-15-19(25)5-9-22(18)32-2/h3-7,9,15H,8,10-14,16H2,1-2H3. The summed E-state index contributed by atoms with van der Waals surface area (Å²) < 4.78 is 19.0. The van der Waals surface area contributed by atoms with Crippen LogP contribution in [0.2, 0.25) is 0 Å². The SMILES string of the molecule is COc1ccc(F)cc1CN1CCN(C(=O)C2=NN(c3ccc(C)cc3)C(=O)CC2)CC1. The van der Waals surface area contributed by atoms with E-state index in [0.29, 0.717) is 56.3 Å². The Labute approximate surface area is 187 Å². The van der Waals surface area contributed by atoms with Crippen LogP contribution in [0.5, 0.6) is 5.75 Å². The van der Waals surface area contributed by atoms with E-state index in [4.69, 9.17) is 4.74 Å². The van der Waals surface area contributed by atoms with Gasteiger partial charge in [-0.15, -0.1) is 0 Å². The van der Waals surface area contributed by atoms with Crippen molar-refractivity contribution in [2.24, 2.45) is 5.10 Å². The third-order valence-electron chi connectivity index (χ3n) is 5.85. The van der Waals surface area contributed by atoms with E-state index in [1.54, 1.807) is 18.1 Å². The average molecular weight is 439 g/mol. The van der Waals surface area contributed by atoms with Crippen LogP contribution < -0.4 is 9.75 Å². The molecular formula is C24H27FN4O3. The van der Waals surface area contributed by atoms with Gasteiger partial charge in [-0.05, 0) is 37.3 Å². The van der Waals surface area contributed by atoms with Crippen LogP contribution in [0, 0.1) is 12.7 Å². The zero-order valence-corrected chi connectivity index (χ0v) is 18.4. The summed E-state index contributed by atoms with van der Waals surface area (Å²) in [5, 5.41) is 5.73. The van der Waals surface area contributed by atoms with E-state index in [9.17, 15) is 14.0 Å². The molecule has 0 unspecified atom stereocenters. The molecule has 2 aliphatic heterocycles. The maximum Gasteiger partial charge on any atom is 0.270 e. The average Bonchev–Trinajstić information content (AvgIpc) is 2.80. The van der Waals surface area contributed by atoms with Gasteiger partial charge in [-0.25, -0.2) is 9.40 Å². The second-order valence-electron chi connectivity index (χ2n) is 8.11. The Morgan fingerprint density at radius 2 is 1.78 bits per heavy atom. The van der Waals surface area contributed by atoms with E-state index in [2.05, 4.69) is 10.0 Å². The lowest BCUT2D eigenvalue weighted by Gasteiger charge is -2.35. The van der Waals surface area contributed by atoms with Crippen molar-refractivity contribution in [3.8, 4) is 5.75 Å². The van der Waals surface area contributed by atoms with Crippen molar-refractivity contribution in [1.82, 2.24) is 9.80 Å². The van der Waals surface area contributed by atoms with Crippen molar-refractivity contribution >= 4 is 23.2 Å². The minimum Gasteiger partial charge on any atom is -0.496 e. The molecule has 2 amide bonds. The second kappa shape index (κ2) is 9.48. The molecule has 1 fully saturated rings. The van der Waals surface area contributed by atoms with Crippen molar-refractivity contribution in [2.75, 3.05) is 38.3 Å². The van der Waals surface area contributed by atoms with E-state index in [1.807, 2.05) is 31.2 Å².